The van der Waals surface area contributed by atoms with Gasteiger partial charge in [0.2, 0.25) is 0 Å². The van der Waals surface area contributed by atoms with E-state index in [1.54, 1.807) is 0 Å². The van der Waals surface area contributed by atoms with Crippen LogP contribution in [0.1, 0.15) is 22.4 Å². The summed E-state index contributed by atoms with van der Waals surface area (Å²) in [5.41, 5.74) is -0.791. The minimum absolute atomic E-state index is 0.0211. The first-order valence-electron chi connectivity index (χ1n) is 8.96. The smallest absolute Gasteiger partial charge is 0.357 e. The van der Waals surface area contributed by atoms with E-state index in [9.17, 15) is 31.1 Å². The number of nitrogens with zero attached hydrogens (tertiary/aromatic N) is 1. The standard InChI is InChI=1S/C20H15F6N3O/c21-19(22,23)11-7-12(20(24,25)26)9-13(8-11)27-18(30)29-6-5-15-14-3-1-2-4-16(14)28-17(15)10-29/h1-4,7-9,28H,5-6,10H2,(H,27,30). The van der Waals surface area contributed by atoms with Gasteiger partial charge in [0.25, 0.3) is 0 Å². The number of benzene rings is 2. The van der Waals surface area contributed by atoms with Gasteiger partial charge in [-0.2, -0.15) is 26.3 Å². The summed E-state index contributed by atoms with van der Waals surface area (Å²) in [5.74, 6) is 0. The van der Waals surface area contributed by atoms with Crippen molar-refractivity contribution in [3.63, 3.8) is 0 Å². The van der Waals surface area contributed by atoms with Crippen LogP contribution >= 0.6 is 0 Å². The van der Waals surface area contributed by atoms with Crippen molar-refractivity contribution in [2.24, 2.45) is 0 Å². The van der Waals surface area contributed by atoms with Crippen molar-refractivity contribution in [1.29, 1.82) is 0 Å². The van der Waals surface area contributed by atoms with Crippen LogP contribution in [0.4, 0.5) is 36.8 Å². The fourth-order valence-corrected chi connectivity index (χ4v) is 3.60. The van der Waals surface area contributed by atoms with Crippen LogP contribution in [-0.4, -0.2) is 22.5 Å². The van der Waals surface area contributed by atoms with Crippen LogP contribution in [0.5, 0.6) is 0 Å². The number of urea groups is 1. The van der Waals surface area contributed by atoms with Crippen LogP contribution in [-0.2, 0) is 25.3 Å². The summed E-state index contributed by atoms with van der Waals surface area (Å²) in [7, 11) is 0. The Morgan fingerprint density at radius 3 is 2.23 bits per heavy atom. The zero-order valence-corrected chi connectivity index (χ0v) is 15.3. The molecule has 0 fully saturated rings. The van der Waals surface area contributed by atoms with Crippen LogP contribution in [0.15, 0.2) is 42.5 Å². The minimum atomic E-state index is -4.98. The number of halogens is 6. The van der Waals surface area contributed by atoms with Gasteiger partial charge in [0, 0.05) is 28.8 Å². The van der Waals surface area contributed by atoms with Crippen LogP contribution in [0.25, 0.3) is 10.9 Å². The van der Waals surface area contributed by atoms with Crippen LogP contribution in [0.2, 0.25) is 0 Å². The number of H-pyrrole nitrogens is 1. The maximum atomic E-state index is 13.0. The van der Waals surface area contributed by atoms with Gasteiger partial charge >= 0.3 is 18.4 Å². The van der Waals surface area contributed by atoms with Crippen molar-refractivity contribution in [2.75, 3.05) is 11.9 Å². The highest BCUT2D eigenvalue weighted by molar-refractivity contribution is 5.90. The molecular formula is C20H15F6N3O. The summed E-state index contributed by atoms with van der Waals surface area (Å²) in [6.45, 7) is 0.451. The lowest BCUT2D eigenvalue weighted by atomic mass is 10.0. The van der Waals surface area contributed by atoms with Crippen molar-refractivity contribution >= 4 is 22.6 Å². The lowest BCUT2D eigenvalue weighted by Gasteiger charge is -2.27. The molecule has 2 N–H and O–H groups in total. The third kappa shape index (κ3) is 3.81. The van der Waals surface area contributed by atoms with E-state index in [0.29, 0.717) is 18.6 Å². The SMILES string of the molecule is O=C(Nc1cc(C(F)(F)F)cc(C(F)(F)F)c1)N1CCc2c([nH]c3ccccc23)C1. The molecule has 158 valence electrons. The molecule has 2 aromatic carbocycles. The summed E-state index contributed by atoms with van der Waals surface area (Å²) >= 11 is 0. The van der Waals surface area contributed by atoms with Gasteiger partial charge in [-0.3, -0.25) is 0 Å². The Morgan fingerprint density at radius 1 is 0.967 bits per heavy atom. The zero-order chi connectivity index (χ0) is 21.7. The molecular weight excluding hydrogens is 412 g/mol. The van der Waals surface area contributed by atoms with E-state index >= 15 is 0 Å². The van der Waals surface area contributed by atoms with Gasteiger partial charge in [0.05, 0.1) is 17.7 Å². The number of aromatic nitrogens is 1. The Balaban J connectivity index is 1.58. The van der Waals surface area contributed by atoms with Crippen molar-refractivity contribution in [3.05, 3.63) is 64.8 Å². The number of hydrogen-bond donors (Lipinski definition) is 2. The van der Waals surface area contributed by atoms with Crippen molar-refractivity contribution in [2.45, 2.75) is 25.3 Å². The number of amides is 2. The molecule has 2 amide bonds. The lowest BCUT2D eigenvalue weighted by molar-refractivity contribution is -0.143. The molecule has 4 nitrogen and oxygen atoms in total. The van der Waals surface area contributed by atoms with E-state index < -0.39 is 35.2 Å². The quantitative estimate of drug-likeness (QED) is 0.474. The second kappa shape index (κ2) is 6.96. The molecule has 0 saturated carbocycles. The predicted molar refractivity (Wildman–Crippen MR) is 97.9 cm³/mol. The fourth-order valence-electron chi connectivity index (χ4n) is 3.60. The number of fused-ring (bicyclic) bond motifs is 3. The Bertz CT molecular complexity index is 1080. The van der Waals surface area contributed by atoms with E-state index in [4.69, 9.17) is 0 Å². The van der Waals surface area contributed by atoms with Crippen LogP contribution in [0.3, 0.4) is 0 Å². The molecule has 0 bridgehead atoms. The van der Waals surface area contributed by atoms with Crippen molar-refractivity contribution in [1.82, 2.24) is 9.88 Å². The molecule has 4 rings (SSSR count). The van der Waals surface area contributed by atoms with E-state index in [2.05, 4.69) is 10.3 Å². The zero-order valence-electron chi connectivity index (χ0n) is 15.3. The number of hydrogen-bond acceptors (Lipinski definition) is 1. The summed E-state index contributed by atoms with van der Waals surface area (Å²) in [6.07, 6.45) is -9.45. The maximum Gasteiger partial charge on any atom is 0.416 e. The van der Waals surface area contributed by atoms with Crippen LogP contribution in [0, 0.1) is 0 Å². The van der Waals surface area contributed by atoms with Gasteiger partial charge in [-0.05, 0) is 36.2 Å². The first kappa shape index (κ1) is 20.1. The molecule has 30 heavy (non-hydrogen) atoms. The van der Waals surface area contributed by atoms with Gasteiger partial charge in [-0.25, -0.2) is 4.79 Å². The number of para-hydroxylation sites is 1. The van der Waals surface area contributed by atoms with Gasteiger partial charge in [-0.15, -0.1) is 0 Å². The fraction of sp³-hybridized carbons (Fsp3) is 0.250. The molecule has 2 heterocycles. The van der Waals surface area contributed by atoms with E-state index in [0.717, 1.165) is 22.2 Å². The van der Waals surface area contributed by atoms with Gasteiger partial charge < -0.3 is 15.2 Å². The van der Waals surface area contributed by atoms with Crippen molar-refractivity contribution in [3.8, 4) is 0 Å². The molecule has 0 unspecified atom stereocenters. The van der Waals surface area contributed by atoms with E-state index in [1.165, 1.54) is 4.90 Å². The highest BCUT2D eigenvalue weighted by atomic mass is 19.4. The summed E-state index contributed by atoms with van der Waals surface area (Å²) < 4.78 is 78.0. The minimum Gasteiger partial charge on any atom is -0.357 e. The molecule has 0 spiro atoms. The third-order valence-corrected chi connectivity index (χ3v) is 5.01. The lowest BCUT2D eigenvalue weighted by Crippen LogP contribution is -2.38. The highest BCUT2D eigenvalue weighted by Crippen LogP contribution is 2.37. The number of carbonyl (C=O) groups is 1. The molecule has 10 heteroatoms. The largest absolute Gasteiger partial charge is 0.416 e. The number of carbonyl (C=O) groups excluding carboxylic acids is 1. The molecule has 1 aliphatic heterocycles. The summed E-state index contributed by atoms with van der Waals surface area (Å²) in [4.78, 5) is 17.1. The number of anilines is 1. The normalized spacial score (nSPS) is 14.7. The predicted octanol–water partition coefficient (Wildman–Crippen LogP) is 5.80. The molecule has 0 atom stereocenters. The third-order valence-electron chi connectivity index (χ3n) is 5.01. The highest BCUT2D eigenvalue weighted by Gasteiger charge is 2.37. The molecule has 1 aliphatic rings. The first-order chi connectivity index (χ1) is 14.0. The molecule has 0 radical (unpaired) electrons. The summed E-state index contributed by atoms with van der Waals surface area (Å²) in [5, 5.41) is 3.20. The van der Waals surface area contributed by atoms with Gasteiger partial charge in [0.1, 0.15) is 0 Å². The maximum absolute atomic E-state index is 13.0. The Hall–Kier alpha value is -3.17. The monoisotopic (exact) mass is 427 g/mol. The molecule has 0 saturated heterocycles. The van der Waals surface area contributed by atoms with E-state index in [-0.39, 0.29) is 19.2 Å². The van der Waals surface area contributed by atoms with Crippen molar-refractivity contribution < 1.29 is 31.1 Å². The Kier molecular flexibility index (Phi) is 4.67. The first-order valence-corrected chi connectivity index (χ1v) is 8.96. The second-order valence-corrected chi connectivity index (χ2v) is 7.02. The second-order valence-electron chi connectivity index (χ2n) is 7.02. The van der Waals surface area contributed by atoms with Gasteiger partial charge in [-0.1, -0.05) is 18.2 Å². The van der Waals surface area contributed by atoms with Gasteiger partial charge in [0.15, 0.2) is 0 Å². The molecule has 3 aromatic rings. The number of alkyl halides is 6. The number of rotatable bonds is 1. The Labute approximate surface area is 166 Å². The van der Waals surface area contributed by atoms with E-state index in [1.807, 2.05) is 24.3 Å². The topological polar surface area (TPSA) is 48.1 Å². The molecule has 0 aliphatic carbocycles. The number of aromatic amines is 1. The summed E-state index contributed by atoms with van der Waals surface area (Å²) in [6, 6.07) is 7.82. The average Bonchev–Trinajstić information content (AvgIpc) is 3.04. The van der Waals surface area contributed by atoms with Crippen LogP contribution < -0.4 is 5.32 Å². The number of nitrogens with one attached hydrogen (secondary N) is 2. The average molecular weight is 427 g/mol. The Morgan fingerprint density at radius 2 is 1.60 bits per heavy atom. The molecule has 1 aromatic heterocycles.